The summed E-state index contributed by atoms with van der Waals surface area (Å²) in [5, 5.41) is 0. The van der Waals surface area contributed by atoms with Gasteiger partial charge in [0.1, 0.15) is 0 Å². The van der Waals surface area contributed by atoms with Crippen molar-refractivity contribution in [1.29, 1.82) is 0 Å². The quantitative estimate of drug-likeness (QED) is 0.740. The van der Waals surface area contributed by atoms with Crippen molar-refractivity contribution >= 4 is 0 Å². The lowest BCUT2D eigenvalue weighted by atomic mass is 10.4. The summed E-state index contributed by atoms with van der Waals surface area (Å²) in [6.07, 6.45) is 0. The summed E-state index contributed by atoms with van der Waals surface area (Å²) in [7, 11) is 4.34. The number of pyridine rings is 1. The average Bonchev–Trinajstić information content (AvgIpc) is 2.17. The number of methoxy groups -OCH3 is 3. The molecule has 5 nitrogen and oxygen atoms in total. The molecule has 1 aromatic heterocycles. The highest BCUT2D eigenvalue weighted by atomic mass is 16.5. The molecule has 0 saturated carbocycles. The maximum Gasteiger partial charge on any atom is 0.293 e. The van der Waals surface area contributed by atoms with E-state index in [0.29, 0.717) is 5.75 Å². The molecule has 1 heterocycles. The molecule has 0 unspecified atom stereocenters. The minimum Gasteiger partial charge on any atom is -0.491 e. The van der Waals surface area contributed by atoms with Gasteiger partial charge in [0.25, 0.3) is 5.56 Å². The van der Waals surface area contributed by atoms with Gasteiger partial charge in [-0.25, -0.2) is 0 Å². The molecule has 0 aliphatic heterocycles. The molecule has 13 heavy (non-hydrogen) atoms. The summed E-state index contributed by atoms with van der Waals surface area (Å²) in [5.41, 5.74) is -0.347. The number of nitrogens with one attached hydrogen (secondary N) is 1. The molecular weight excluding hydrogens is 174 g/mol. The molecule has 5 heteroatoms. The van der Waals surface area contributed by atoms with E-state index in [4.69, 9.17) is 14.2 Å². The van der Waals surface area contributed by atoms with Crippen molar-refractivity contribution in [3.05, 3.63) is 16.4 Å². The largest absolute Gasteiger partial charge is 0.491 e. The Morgan fingerprint density at radius 1 is 1.08 bits per heavy atom. The second-order valence-electron chi connectivity index (χ2n) is 2.27. The van der Waals surface area contributed by atoms with Gasteiger partial charge >= 0.3 is 0 Å². The Hall–Kier alpha value is -1.65. The molecule has 1 N–H and O–H groups in total. The fourth-order valence-electron chi connectivity index (χ4n) is 0.931. The van der Waals surface area contributed by atoms with Gasteiger partial charge in [-0.1, -0.05) is 0 Å². The first kappa shape index (κ1) is 9.44. The summed E-state index contributed by atoms with van der Waals surface area (Å²) < 4.78 is 14.6. The summed E-state index contributed by atoms with van der Waals surface area (Å²) in [4.78, 5) is 13.7. The predicted octanol–water partition coefficient (Wildman–Crippen LogP) is 0.401. The molecular formula is C8H11NO4. The molecule has 0 aromatic carbocycles. The monoisotopic (exact) mass is 185 g/mol. The van der Waals surface area contributed by atoms with Gasteiger partial charge in [0.2, 0.25) is 5.88 Å². The fourth-order valence-corrected chi connectivity index (χ4v) is 0.931. The third-order valence-corrected chi connectivity index (χ3v) is 1.58. The first-order chi connectivity index (χ1) is 6.22. The van der Waals surface area contributed by atoms with Crippen LogP contribution >= 0.6 is 0 Å². The normalized spacial score (nSPS) is 9.46. The van der Waals surface area contributed by atoms with Crippen molar-refractivity contribution in [1.82, 2.24) is 4.98 Å². The van der Waals surface area contributed by atoms with E-state index in [1.165, 1.54) is 27.4 Å². The van der Waals surface area contributed by atoms with Crippen molar-refractivity contribution in [3.8, 4) is 17.4 Å². The predicted molar refractivity (Wildman–Crippen MR) is 46.7 cm³/mol. The molecule has 0 bridgehead atoms. The van der Waals surface area contributed by atoms with Gasteiger partial charge in [0, 0.05) is 6.07 Å². The third kappa shape index (κ3) is 1.74. The van der Waals surface area contributed by atoms with Gasteiger partial charge in [-0.2, -0.15) is 0 Å². The second kappa shape index (κ2) is 3.84. The van der Waals surface area contributed by atoms with Crippen molar-refractivity contribution in [2.75, 3.05) is 21.3 Å². The van der Waals surface area contributed by atoms with Gasteiger partial charge in [0.05, 0.1) is 21.3 Å². The maximum atomic E-state index is 11.2. The molecule has 1 rings (SSSR count). The van der Waals surface area contributed by atoms with E-state index in [1.54, 1.807) is 0 Å². The highest BCUT2D eigenvalue weighted by Crippen LogP contribution is 2.24. The summed E-state index contributed by atoms with van der Waals surface area (Å²) in [6, 6.07) is 1.47. The zero-order valence-electron chi connectivity index (χ0n) is 7.71. The second-order valence-corrected chi connectivity index (χ2v) is 2.27. The summed E-state index contributed by atoms with van der Waals surface area (Å²) >= 11 is 0. The Balaban J connectivity index is 3.26. The minimum atomic E-state index is -0.347. The number of ether oxygens (including phenoxy) is 3. The van der Waals surface area contributed by atoms with Crippen LogP contribution in [0.3, 0.4) is 0 Å². The maximum absolute atomic E-state index is 11.2. The zero-order valence-corrected chi connectivity index (χ0v) is 7.71. The zero-order chi connectivity index (χ0) is 9.84. The van der Waals surface area contributed by atoms with E-state index in [-0.39, 0.29) is 17.2 Å². The SMILES string of the molecule is COc1cc(OC)c(=O)[nH]c1OC. The van der Waals surface area contributed by atoms with Crippen LogP contribution < -0.4 is 19.8 Å². The van der Waals surface area contributed by atoms with E-state index >= 15 is 0 Å². The number of aromatic nitrogens is 1. The molecule has 0 spiro atoms. The first-order valence-electron chi connectivity index (χ1n) is 3.62. The highest BCUT2D eigenvalue weighted by molar-refractivity contribution is 5.38. The minimum absolute atomic E-state index is 0.192. The van der Waals surface area contributed by atoms with E-state index in [1.807, 2.05) is 0 Å². The molecule has 0 radical (unpaired) electrons. The Labute approximate surface area is 75.2 Å². The third-order valence-electron chi connectivity index (χ3n) is 1.58. The number of H-pyrrole nitrogens is 1. The van der Waals surface area contributed by atoms with Gasteiger partial charge in [-0.05, 0) is 0 Å². The highest BCUT2D eigenvalue weighted by Gasteiger charge is 2.08. The van der Waals surface area contributed by atoms with Crippen LogP contribution in [0.5, 0.6) is 17.4 Å². The van der Waals surface area contributed by atoms with Crippen LogP contribution in [0.15, 0.2) is 10.9 Å². The van der Waals surface area contributed by atoms with E-state index in [9.17, 15) is 4.79 Å². The van der Waals surface area contributed by atoms with Gasteiger partial charge < -0.3 is 14.2 Å². The van der Waals surface area contributed by atoms with E-state index < -0.39 is 0 Å². The van der Waals surface area contributed by atoms with E-state index in [2.05, 4.69) is 4.98 Å². The van der Waals surface area contributed by atoms with Crippen molar-refractivity contribution < 1.29 is 14.2 Å². The van der Waals surface area contributed by atoms with Gasteiger partial charge in [-0.3, -0.25) is 9.78 Å². The molecule has 0 atom stereocenters. The van der Waals surface area contributed by atoms with Crippen LogP contribution in [0.25, 0.3) is 0 Å². The smallest absolute Gasteiger partial charge is 0.293 e. The topological polar surface area (TPSA) is 60.5 Å². The van der Waals surface area contributed by atoms with Crippen molar-refractivity contribution in [2.24, 2.45) is 0 Å². The Bertz CT molecular complexity index is 344. The lowest BCUT2D eigenvalue weighted by Gasteiger charge is -2.07. The number of rotatable bonds is 3. The number of hydrogen-bond acceptors (Lipinski definition) is 4. The molecule has 0 aliphatic carbocycles. The summed E-state index contributed by atoms with van der Waals surface area (Å²) in [6.45, 7) is 0. The molecule has 0 aliphatic rings. The van der Waals surface area contributed by atoms with Crippen LogP contribution in [-0.2, 0) is 0 Å². The Morgan fingerprint density at radius 2 is 1.69 bits per heavy atom. The van der Waals surface area contributed by atoms with Crippen molar-refractivity contribution in [2.45, 2.75) is 0 Å². The van der Waals surface area contributed by atoms with Crippen LogP contribution in [0.2, 0.25) is 0 Å². The van der Waals surface area contributed by atoms with E-state index in [0.717, 1.165) is 0 Å². The lowest BCUT2D eigenvalue weighted by Crippen LogP contribution is -2.10. The summed E-state index contributed by atoms with van der Waals surface area (Å²) in [5.74, 6) is 0.907. The van der Waals surface area contributed by atoms with Crippen LogP contribution in [-0.4, -0.2) is 26.3 Å². The Morgan fingerprint density at radius 3 is 2.15 bits per heavy atom. The molecule has 72 valence electrons. The number of hydrogen-bond donors (Lipinski definition) is 1. The lowest BCUT2D eigenvalue weighted by molar-refractivity contribution is 0.334. The van der Waals surface area contributed by atoms with Gasteiger partial charge in [-0.15, -0.1) is 0 Å². The Kier molecular flexibility index (Phi) is 2.79. The first-order valence-corrected chi connectivity index (χ1v) is 3.62. The van der Waals surface area contributed by atoms with Crippen LogP contribution in [0.4, 0.5) is 0 Å². The van der Waals surface area contributed by atoms with Gasteiger partial charge in [0.15, 0.2) is 11.5 Å². The molecule has 0 saturated heterocycles. The van der Waals surface area contributed by atoms with Crippen LogP contribution in [0.1, 0.15) is 0 Å². The van der Waals surface area contributed by atoms with Crippen molar-refractivity contribution in [3.63, 3.8) is 0 Å². The average molecular weight is 185 g/mol. The number of aromatic amines is 1. The molecule has 1 aromatic rings. The fraction of sp³-hybridized carbons (Fsp3) is 0.375. The molecule has 0 fully saturated rings. The molecule has 0 amide bonds. The van der Waals surface area contributed by atoms with Crippen LogP contribution in [0, 0.1) is 0 Å². The standard InChI is InChI=1S/C8H11NO4/c1-11-5-4-6(12-2)8(13-3)9-7(5)10/h4H,1-3H3,(H,9,10).